The number of hydrogen-bond donors (Lipinski definition) is 1. The van der Waals surface area contributed by atoms with Gasteiger partial charge in [-0.2, -0.15) is 4.31 Å². The van der Waals surface area contributed by atoms with E-state index in [9.17, 15) is 13.2 Å². The number of carbonyl (C=O) groups is 1. The molecule has 0 aromatic heterocycles. The molecular formula is C21H28N2O4S. The molecule has 7 heteroatoms. The predicted molar refractivity (Wildman–Crippen MR) is 110 cm³/mol. The van der Waals surface area contributed by atoms with E-state index in [0.717, 1.165) is 5.56 Å². The lowest BCUT2D eigenvalue weighted by Crippen LogP contribution is -2.40. The monoisotopic (exact) mass is 404 g/mol. The second kappa shape index (κ2) is 8.32. The van der Waals surface area contributed by atoms with Gasteiger partial charge in [0.2, 0.25) is 10.0 Å². The van der Waals surface area contributed by atoms with Crippen LogP contribution in [0.3, 0.4) is 0 Å². The molecule has 0 aliphatic rings. The zero-order chi connectivity index (χ0) is 21.1. The third-order valence-electron chi connectivity index (χ3n) is 4.15. The lowest BCUT2D eigenvalue weighted by Gasteiger charge is -2.22. The van der Waals surface area contributed by atoms with Crippen LogP contribution in [0.25, 0.3) is 0 Å². The van der Waals surface area contributed by atoms with Crippen LogP contribution >= 0.6 is 0 Å². The van der Waals surface area contributed by atoms with E-state index in [4.69, 9.17) is 4.74 Å². The van der Waals surface area contributed by atoms with Crippen LogP contribution in [0.15, 0.2) is 47.4 Å². The molecule has 2 aromatic carbocycles. The first-order valence-electron chi connectivity index (χ1n) is 8.96. The summed E-state index contributed by atoms with van der Waals surface area (Å²) >= 11 is 0. The number of rotatable bonds is 6. The second-order valence-corrected chi connectivity index (χ2v) is 9.85. The van der Waals surface area contributed by atoms with Gasteiger partial charge in [0.05, 0.1) is 12.0 Å². The molecule has 0 heterocycles. The Kier molecular flexibility index (Phi) is 6.52. The fourth-order valence-electron chi connectivity index (χ4n) is 2.67. The average Bonchev–Trinajstić information content (AvgIpc) is 2.60. The van der Waals surface area contributed by atoms with Crippen molar-refractivity contribution in [2.45, 2.75) is 44.7 Å². The largest absolute Gasteiger partial charge is 0.496 e. The van der Waals surface area contributed by atoms with E-state index in [2.05, 4.69) is 5.32 Å². The van der Waals surface area contributed by atoms with Gasteiger partial charge in [-0.1, -0.05) is 17.7 Å². The Bertz CT molecular complexity index is 945. The summed E-state index contributed by atoms with van der Waals surface area (Å²) in [7, 11) is -0.637. The lowest BCUT2D eigenvalue weighted by molar-refractivity contribution is 0.0919. The van der Waals surface area contributed by atoms with Crippen LogP contribution in [-0.2, 0) is 16.6 Å². The molecular weight excluding hydrogens is 376 g/mol. The molecule has 0 saturated heterocycles. The molecule has 1 amide bonds. The Balaban J connectivity index is 2.32. The zero-order valence-electron chi connectivity index (χ0n) is 17.2. The van der Waals surface area contributed by atoms with E-state index in [1.165, 1.54) is 18.5 Å². The first-order chi connectivity index (χ1) is 12.9. The highest BCUT2D eigenvalue weighted by Gasteiger charge is 2.23. The SMILES string of the molecule is COc1ccc(C(=O)NC(C)(C)C)cc1CN(C)S(=O)(=O)c1ccc(C)cc1. The molecule has 0 saturated carbocycles. The molecule has 28 heavy (non-hydrogen) atoms. The molecule has 0 aliphatic heterocycles. The fourth-order valence-corrected chi connectivity index (χ4v) is 3.82. The number of aryl methyl sites for hydroxylation is 1. The maximum absolute atomic E-state index is 12.9. The van der Waals surface area contributed by atoms with Crippen molar-refractivity contribution in [2.75, 3.05) is 14.2 Å². The van der Waals surface area contributed by atoms with Crippen LogP contribution < -0.4 is 10.1 Å². The third kappa shape index (κ3) is 5.33. The highest BCUT2D eigenvalue weighted by molar-refractivity contribution is 7.89. The second-order valence-electron chi connectivity index (χ2n) is 7.80. The molecule has 0 fully saturated rings. The first kappa shape index (κ1) is 21.9. The molecule has 0 radical (unpaired) electrons. The summed E-state index contributed by atoms with van der Waals surface area (Å²) in [5.41, 5.74) is 1.68. The molecule has 2 aromatic rings. The zero-order valence-corrected chi connectivity index (χ0v) is 18.1. The van der Waals surface area contributed by atoms with Crippen molar-refractivity contribution < 1.29 is 17.9 Å². The van der Waals surface area contributed by atoms with Crippen LogP contribution in [0.2, 0.25) is 0 Å². The summed E-state index contributed by atoms with van der Waals surface area (Å²) in [6.45, 7) is 7.68. The van der Waals surface area contributed by atoms with Gasteiger partial charge in [-0.3, -0.25) is 4.79 Å². The molecule has 1 N–H and O–H groups in total. The number of nitrogens with zero attached hydrogens (tertiary/aromatic N) is 1. The minimum Gasteiger partial charge on any atom is -0.496 e. The first-order valence-corrected chi connectivity index (χ1v) is 10.4. The topological polar surface area (TPSA) is 75.7 Å². The predicted octanol–water partition coefficient (Wildman–Crippen LogP) is 3.35. The van der Waals surface area contributed by atoms with Crippen molar-refractivity contribution in [3.8, 4) is 5.75 Å². The Labute approximate surface area is 167 Å². The maximum Gasteiger partial charge on any atom is 0.251 e. The summed E-state index contributed by atoms with van der Waals surface area (Å²) in [5.74, 6) is 0.304. The number of sulfonamides is 1. The summed E-state index contributed by atoms with van der Waals surface area (Å²) in [5, 5.41) is 2.90. The van der Waals surface area contributed by atoms with Crippen molar-refractivity contribution >= 4 is 15.9 Å². The number of benzene rings is 2. The Hall–Kier alpha value is -2.38. The highest BCUT2D eigenvalue weighted by atomic mass is 32.2. The van der Waals surface area contributed by atoms with Crippen molar-refractivity contribution in [1.29, 1.82) is 0 Å². The van der Waals surface area contributed by atoms with Gasteiger partial charge in [0.15, 0.2) is 0 Å². The van der Waals surface area contributed by atoms with Gasteiger partial charge in [0, 0.05) is 30.3 Å². The Morgan fingerprint density at radius 1 is 1.11 bits per heavy atom. The Morgan fingerprint density at radius 3 is 2.25 bits per heavy atom. The quantitative estimate of drug-likeness (QED) is 0.801. The molecule has 0 atom stereocenters. The van der Waals surface area contributed by atoms with Gasteiger partial charge in [-0.25, -0.2) is 8.42 Å². The summed E-state index contributed by atoms with van der Waals surface area (Å²) in [6, 6.07) is 11.7. The molecule has 2 rings (SSSR count). The number of carbonyl (C=O) groups excluding carboxylic acids is 1. The number of nitrogens with one attached hydrogen (secondary N) is 1. The summed E-state index contributed by atoms with van der Waals surface area (Å²) < 4.78 is 32.3. The highest BCUT2D eigenvalue weighted by Crippen LogP contribution is 2.24. The summed E-state index contributed by atoms with van der Waals surface area (Å²) in [4.78, 5) is 12.7. The molecule has 0 unspecified atom stereocenters. The van der Waals surface area contributed by atoms with Gasteiger partial charge < -0.3 is 10.1 Å². The minimum absolute atomic E-state index is 0.0794. The van der Waals surface area contributed by atoms with E-state index in [1.54, 1.807) is 42.5 Å². The summed E-state index contributed by atoms with van der Waals surface area (Å²) in [6.07, 6.45) is 0. The van der Waals surface area contributed by atoms with Gasteiger partial charge in [-0.05, 0) is 58.0 Å². The number of methoxy groups -OCH3 is 1. The maximum atomic E-state index is 12.9. The molecule has 152 valence electrons. The van der Waals surface area contributed by atoms with Crippen molar-refractivity contribution in [1.82, 2.24) is 9.62 Å². The van der Waals surface area contributed by atoms with Crippen LogP contribution in [0.4, 0.5) is 0 Å². The van der Waals surface area contributed by atoms with E-state index in [1.807, 2.05) is 27.7 Å². The van der Waals surface area contributed by atoms with Gasteiger partial charge in [-0.15, -0.1) is 0 Å². The third-order valence-corrected chi connectivity index (χ3v) is 5.97. The van der Waals surface area contributed by atoms with Gasteiger partial charge in [0.1, 0.15) is 5.75 Å². The molecule has 0 spiro atoms. The lowest BCUT2D eigenvalue weighted by atomic mass is 10.1. The van der Waals surface area contributed by atoms with E-state index >= 15 is 0 Å². The molecule has 6 nitrogen and oxygen atoms in total. The average molecular weight is 405 g/mol. The Morgan fingerprint density at radius 2 is 1.71 bits per heavy atom. The van der Waals surface area contributed by atoms with Crippen LogP contribution in [0, 0.1) is 6.92 Å². The smallest absolute Gasteiger partial charge is 0.251 e. The van der Waals surface area contributed by atoms with Crippen LogP contribution in [0.1, 0.15) is 42.3 Å². The van der Waals surface area contributed by atoms with E-state index in [0.29, 0.717) is 16.9 Å². The fraction of sp³-hybridized carbons (Fsp3) is 0.381. The van der Waals surface area contributed by atoms with E-state index < -0.39 is 10.0 Å². The van der Waals surface area contributed by atoms with Crippen LogP contribution in [-0.4, -0.2) is 38.3 Å². The standard InChI is InChI=1S/C21H28N2O4S/c1-15-7-10-18(11-8-15)28(25,26)23(5)14-17-13-16(9-12-19(17)27-6)20(24)22-21(2,3)4/h7-13H,14H2,1-6H3,(H,22,24). The number of amides is 1. The number of hydrogen-bond acceptors (Lipinski definition) is 4. The van der Waals surface area contributed by atoms with Gasteiger partial charge in [0.25, 0.3) is 5.91 Å². The van der Waals surface area contributed by atoms with E-state index in [-0.39, 0.29) is 22.9 Å². The minimum atomic E-state index is -3.66. The normalized spacial score (nSPS) is 12.1. The van der Waals surface area contributed by atoms with Crippen molar-refractivity contribution in [2.24, 2.45) is 0 Å². The molecule has 0 aliphatic carbocycles. The van der Waals surface area contributed by atoms with Crippen LogP contribution in [0.5, 0.6) is 5.75 Å². The van der Waals surface area contributed by atoms with Gasteiger partial charge >= 0.3 is 0 Å². The van der Waals surface area contributed by atoms with Crippen molar-refractivity contribution in [3.05, 3.63) is 59.2 Å². The van der Waals surface area contributed by atoms with Crippen molar-refractivity contribution in [3.63, 3.8) is 0 Å². The molecule has 0 bridgehead atoms. The number of ether oxygens (including phenoxy) is 1.